The van der Waals surface area contributed by atoms with Crippen LogP contribution in [0, 0.1) is 0 Å². The van der Waals surface area contributed by atoms with Gasteiger partial charge in [0.05, 0.1) is 44.1 Å². The second-order valence-electron chi connectivity index (χ2n) is 22.8. The summed E-state index contributed by atoms with van der Waals surface area (Å²) in [5.74, 6) is 1.78. The van der Waals surface area contributed by atoms with Gasteiger partial charge in [-0.1, -0.05) is 200 Å². The van der Waals surface area contributed by atoms with Crippen molar-refractivity contribution in [3.05, 3.63) is 309 Å². The number of para-hydroxylation sites is 6. The Hall–Kier alpha value is -11.9. The van der Waals surface area contributed by atoms with Gasteiger partial charge >= 0.3 is 0 Å². The summed E-state index contributed by atoms with van der Waals surface area (Å²) < 4.78 is 9.52. The zero-order valence-corrected chi connectivity index (χ0v) is 47.6. The highest BCUT2D eigenvalue weighted by Gasteiger charge is 2.21. The lowest BCUT2D eigenvalue weighted by Gasteiger charge is -2.13. The van der Waals surface area contributed by atoms with Crippen molar-refractivity contribution in [1.82, 2.24) is 33.2 Å². The first-order chi connectivity index (χ1) is 43.6. The summed E-state index contributed by atoms with van der Waals surface area (Å²) in [4.78, 5) is 15.9. The Morgan fingerprint density at radius 2 is 0.443 bits per heavy atom. The maximum atomic E-state index is 5.39. The Kier molecular flexibility index (Phi) is 11.2. The lowest BCUT2D eigenvalue weighted by atomic mass is 10.0. The van der Waals surface area contributed by atoms with Crippen molar-refractivity contribution in [2.45, 2.75) is 0 Å². The molecule has 7 nitrogen and oxygen atoms in total. The van der Waals surface area contributed by atoms with E-state index in [2.05, 4.69) is 309 Å². The van der Waals surface area contributed by atoms with E-state index in [9.17, 15) is 0 Å². The summed E-state index contributed by atoms with van der Waals surface area (Å²) in [7, 11) is 0. The zero-order chi connectivity index (χ0) is 57.8. The van der Waals surface area contributed by atoms with Crippen molar-refractivity contribution in [2.24, 2.45) is 0 Å². The number of nitrogens with zero attached hydrogens (tertiary/aromatic N) is 7. The second kappa shape index (κ2) is 19.8. The van der Waals surface area contributed by atoms with Crippen molar-refractivity contribution < 1.29 is 0 Å². The summed E-state index contributed by atoms with van der Waals surface area (Å²) in [6.45, 7) is 0. The average molecular weight is 1120 g/mol. The second-order valence-corrected chi connectivity index (χ2v) is 22.8. The summed E-state index contributed by atoms with van der Waals surface area (Å²) >= 11 is 0. The fourth-order valence-corrected chi connectivity index (χ4v) is 13.8. The van der Waals surface area contributed by atoms with Gasteiger partial charge in [-0.05, 0) is 131 Å². The van der Waals surface area contributed by atoms with E-state index in [1.165, 1.54) is 65.2 Å². The molecule has 13 aromatic carbocycles. The Morgan fingerprint density at radius 1 is 0.159 bits per heavy atom. The molecule has 0 spiro atoms. The Labute approximate surface area is 506 Å². The molecule has 0 aliphatic heterocycles. The molecule has 5 aromatic heterocycles. The summed E-state index contributed by atoms with van der Waals surface area (Å²) in [6.07, 6.45) is 0. The van der Waals surface area contributed by atoms with E-state index in [0.717, 1.165) is 83.8 Å². The average Bonchev–Trinajstić information content (AvgIpc) is 2.65. The molecule has 0 N–H and O–H groups in total. The third-order valence-corrected chi connectivity index (χ3v) is 17.8. The van der Waals surface area contributed by atoms with Crippen molar-refractivity contribution >= 4 is 87.2 Å². The molecule has 0 saturated heterocycles. The van der Waals surface area contributed by atoms with E-state index in [-0.39, 0.29) is 0 Å². The quantitative estimate of drug-likeness (QED) is 0.145. The molecule has 0 unspecified atom stereocenters. The van der Waals surface area contributed by atoms with Crippen LogP contribution >= 0.6 is 0 Å². The highest BCUT2D eigenvalue weighted by atomic mass is 15.0. The minimum absolute atomic E-state index is 0.589. The number of benzene rings is 13. The largest absolute Gasteiger partial charge is 0.309 e. The zero-order valence-electron chi connectivity index (χ0n) is 47.6. The molecule has 18 aromatic rings. The van der Waals surface area contributed by atoms with Crippen molar-refractivity contribution in [1.29, 1.82) is 0 Å². The first kappa shape index (κ1) is 49.5. The van der Waals surface area contributed by atoms with Gasteiger partial charge in [0.25, 0.3) is 0 Å². The topological polar surface area (TPSA) is 58.4 Å². The van der Waals surface area contributed by atoms with Crippen LogP contribution in [0.25, 0.3) is 166 Å². The smallest absolute Gasteiger partial charge is 0.164 e. The maximum Gasteiger partial charge on any atom is 0.164 e. The van der Waals surface area contributed by atoms with Crippen molar-refractivity contribution in [3.8, 4) is 79.2 Å². The molecule has 0 saturated carbocycles. The van der Waals surface area contributed by atoms with Crippen LogP contribution in [0.15, 0.2) is 309 Å². The van der Waals surface area contributed by atoms with Crippen LogP contribution in [0.4, 0.5) is 0 Å². The monoisotopic (exact) mass is 1120 g/mol. The van der Waals surface area contributed by atoms with Crippen molar-refractivity contribution in [3.63, 3.8) is 0 Å². The van der Waals surface area contributed by atoms with Gasteiger partial charge in [-0.25, -0.2) is 15.0 Å². The predicted molar refractivity (Wildman–Crippen MR) is 364 cm³/mol. The van der Waals surface area contributed by atoms with Gasteiger partial charge < -0.3 is 18.3 Å². The summed E-state index contributed by atoms with van der Waals surface area (Å²) in [6, 6.07) is 111. The van der Waals surface area contributed by atoms with E-state index in [1.54, 1.807) is 0 Å². The number of hydrogen-bond donors (Lipinski definition) is 0. The Balaban J connectivity index is 0.752. The maximum absolute atomic E-state index is 5.39. The SMILES string of the molecule is c1ccc(-c2nc(-c3cccc(-n4c5ccccc5c5ccc(-c6ccc7c(c6)c6ccccc6n7-c6ccccc6)cc54)c3)nc(-c3cccc(-n4c5ccccc5c5ccc(-c6ccc7c(c6)c6ccccc6n7-c6ccccc6)cc54)c3)n2)cc1. The molecule has 0 radical (unpaired) electrons. The van der Waals surface area contributed by atoms with Crippen LogP contribution in [-0.2, 0) is 0 Å². The fourth-order valence-electron chi connectivity index (χ4n) is 13.8. The molecule has 5 heterocycles. The van der Waals surface area contributed by atoms with Gasteiger partial charge in [0, 0.05) is 82.5 Å². The lowest BCUT2D eigenvalue weighted by molar-refractivity contribution is 1.07. The fraction of sp³-hybridized carbons (Fsp3) is 0. The van der Waals surface area contributed by atoms with Crippen LogP contribution in [0.1, 0.15) is 0 Å². The molecule has 0 amide bonds. The number of aromatic nitrogens is 7. The van der Waals surface area contributed by atoms with Crippen LogP contribution in [0.2, 0.25) is 0 Å². The van der Waals surface area contributed by atoms with E-state index in [4.69, 9.17) is 15.0 Å². The molecular formula is C81H51N7. The van der Waals surface area contributed by atoms with E-state index in [0.29, 0.717) is 17.5 Å². The first-order valence-corrected chi connectivity index (χ1v) is 29.9. The van der Waals surface area contributed by atoms with Gasteiger partial charge in [0.2, 0.25) is 0 Å². The lowest BCUT2D eigenvalue weighted by Crippen LogP contribution is -2.02. The standard InChI is InChI=1S/C81H51N7/c1-4-20-52(21-5-1)79-82-80(57-22-18-28-61(46-57)87-71-34-14-10-30-63(71)67-42-38-55(50-77(67)87)53-40-44-75-69(48-53)65-32-12-16-36-73(65)85(75)59-24-6-2-7-25-59)84-81(83-79)58-23-19-29-62(47-58)88-72-35-15-11-31-64(72)68-43-39-56(51-78(68)88)54-41-45-76-70(49-54)66-33-13-17-37-74(66)86(76)60-26-8-3-9-27-60/h1-51H. The van der Waals surface area contributed by atoms with E-state index < -0.39 is 0 Å². The van der Waals surface area contributed by atoms with E-state index in [1.807, 2.05) is 18.2 Å². The van der Waals surface area contributed by atoms with Gasteiger partial charge in [-0.2, -0.15) is 0 Å². The Bertz CT molecular complexity index is 5470. The molecule has 0 aliphatic rings. The molecule has 88 heavy (non-hydrogen) atoms. The third-order valence-electron chi connectivity index (χ3n) is 17.8. The first-order valence-electron chi connectivity index (χ1n) is 29.9. The number of hydrogen-bond acceptors (Lipinski definition) is 3. The molecule has 0 fully saturated rings. The van der Waals surface area contributed by atoms with Gasteiger partial charge in [-0.3, -0.25) is 0 Å². The number of rotatable bonds is 9. The van der Waals surface area contributed by atoms with Gasteiger partial charge in [0.15, 0.2) is 17.5 Å². The molecule has 0 bridgehead atoms. The van der Waals surface area contributed by atoms with Gasteiger partial charge in [0.1, 0.15) is 0 Å². The van der Waals surface area contributed by atoms with Crippen LogP contribution < -0.4 is 0 Å². The molecule has 410 valence electrons. The Morgan fingerprint density at radius 3 is 0.864 bits per heavy atom. The van der Waals surface area contributed by atoms with E-state index >= 15 is 0 Å². The highest BCUT2D eigenvalue weighted by Crippen LogP contribution is 2.42. The minimum atomic E-state index is 0.589. The summed E-state index contributed by atoms with van der Waals surface area (Å²) in [5, 5.41) is 9.65. The van der Waals surface area contributed by atoms with Gasteiger partial charge in [-0.15, -0.1) is 0 Å². The predicted octanol–water partition coefficient (Wildman–Crippen LogP) is 20.6. The van der Waals surface area contributed by atoms with Crippen LogP contribution in [0.3, 0.4) is 0 Å². The molecule has 18 rings (SSSR count). The minimum Gasteiger partial charge on any atom is -0.309 e. The molecular weight excluding hydrogens is 1070 g/mol. The molecule has 0 atom stereocenters. The van der Waals surface area contributed by atoms with Crippen LogP contribution in [0.5, 0.6) is 0 Å². The summed E-state index contributed by atoms with van der Waals surface area (Å²) in [5.41, 5.74) is 20.8. The highest BCUT2D eigenvalue weighted by molar-refractivity contribution is 6.14. The number of fused-ring (bicyclic) bond motifs is 12. The molecule has 7 heteroatoms. The third kappa shape index (κ3) is 7.88. The molecule has 0 aliphatic carbocycles. The normalized spacial score (nSPS) is 11.9. The van der Waals surface area contributed by atoms with Crippen LogP contribution in [-0.4, -0.2) is 33.2 Å². The van der Waals surface area contributed by atoms with Crippen molar-refractivity contribution in [2.75, 3.05) is 0 Å².